The molecule has 2 rings (SSSR count). The zero-order valence-electron chi connectivity index (χ0n) is 8.08. The molecule has 0 aliphatic heterocycles. The summed E-state index contributed by atoms with van der Waals surface area (Å²) in [5.41, 5.74) is 0. The summed E-state index contributed by atoms with van der Waals surface area (Å²) >= 11 is 0. The lowest BCUT2D eigenvalue weighted by molar-refractivity contribution is -0.129. The van der Waals surface area contributed by atoms with Crippen LogP contribution < -0.4 is 5.32 Å². The Hall–Kier alpha value is -0.570. The molecule has 0 aromatic heterocycles. The normalized spacial score (nSPS) is 33.3. The van der Waals surface area contributed by atoms with E-state index < -0.39 is 0 Å². The maximum absolute atomic E-state index is 11.5. The van der Waals surface area contributed by atoms with Gasteiger partial charge in [-0.05, 0) is 25.7 Å². The standard InChI is InChI=1S/C10H17NO2/c1-13-9-5-8(6-9)11-10(12)7-3-2-4-7/h7-9H,2-6H2,1H3,(H,11,12). The van der Waals surface area contributed by atoms with Crippen molar-refractivity contribution >= 4 is 5.91 Å². The summed E-state index contributed by atoms with van der Waals surface area (Å²) in [4.78, 5) is 11.5. The lowest BCUT2D eigenvalue weighted by Crippen LogP contribution is -2.50. The number of hydrogen-bond acceptors (Lipinski definition) is 2. The first kappa shape index (κ1) is 9.00. The van der Waals surface area contributed by atoms with Gasteiger partial charge >= 0.3 is 0 Å². The van der Waals surface area contributed by atoms with E-state index >= 15 is 0 Å². The first-order chi connectivity index (χ1) is 6.29. The van der Waals surface area contributed by atoms with Gasteiger partial charge in [0.2, 0.25) is 5.91 Å². The zero-order chi connectivity index (χ0) is 9.26. The summed E-state index contributed by atoms with van der Waals surface area (Å²) in [5, 5.41) is 3.06. The van der Waals surface area contributed by atoms with E-state index in [1.165, 1.54) is 6.42 Å². The molecule has 0 spiro atoms. The van der Waals surface area contributed by atoms with Gasteiger partial charge in [0.1, 0.15) is 0 Å². The van der Waals surface area contributed by atoms with Gasteiger partial charge in [0.15, 0.2) is 0 Å². The minimum atomic E-state index is 0.269. The van der Waals surface area contributed by atoms with Crippen LogP contribution in [-0.2, 0) is 9.53 Å². The van der Waals surface area contributed by atoms with E-state index in [1.54, 1.807) is 7.11 Å². The average molecular weight is 183 g/mol. The third kappa shape index (κ3) is 1.85. The Bertz CT molecular complexity index is 195. The van der Waals surface area contributed by atoms with E-state index in [0.29, 0.717) is 18.1 Å². The molecule has 0 bridgehead atoms. The molecule has 0 unspecified atom stereocenters. The van der Waals surface area contributed by atoms with Gasteiger partial charge in [-0.15, -0.1) is 0 Å². The highest BCUT2D eigenvalue weighted by molar-refractivity contribution is 5.79. The summed E-state index contributed by atoms with van der Waals surface area (Å²) in [5.74, 6) is 0.590. The molecule has 0 heterocycles. The van der Waals surface area contributed by atoms with Crippen LogP contribution in [-0.4, -0.2) is 25.2 Å². The minimum absolute atomic E-state index is 0.269. The Morgan fingerprint density at radius 2 is 2.08 bits per heavy atom. The predicted octanol–water partition coefficient (Wildman–Crippen LogP) is 1.08. The predicted molar refractivity (Wildman–Crippen MR) is 49.3 cm³/mol. The van der Waals surface area contributed by atoms with Crippen molar-refractivity contribution in [1.29, 1.82) is 0 Å². The van der Waals surface area contributed by atoms with Crippen molar-refractivity contribution in [2.75, 3.05) is 7.11 Å². The molecule has 0 radical (unpaired) electrons. The summed E-state index contributed by atoms with van der Waals surface area (Å²) < 4.78 is 5.15. The second-order valence-corrected chi connectivity index (χ2v) is 4.16. The van der Waals surface area contributed by atoms with Crippen LogP contribution in [0.1, 0.15) is 32.1 Å². The number of carbonyl (C=O) groups excluding carboxylic acids is 1. The molecule has 0 aromatic rings. The largest absolute Gasteiger partial charge is 0.381 e. The van der Waals surface area contributed by atoms with Crippen LogP contribution in [0.25, 0.3) is 0 Å². The molecule has 74 valence electrons. The topological polar surface area (TPSA) is 38.3 Å². The molecule has 2 fully saturated rings. The van der Waals surface area contributed by atoms with E-state index in [9.17, 15) is 4.79 Å². The first-order valence-corrected chi connectivity index (χ1v) is 5.12. The Labute approximate surface area is 78.8 Å². The molecule has 1 amide bonds. The second kappa shape index (κ2) is 3.66. The van der Waals surface area contributed by atoms with Crippen LogP contribution in [0.2, 0.25) is 0 Å². The van der Waals surface area contributed by atoms with Gasteiger partial charge in [-0.25, -0.2) is 0 Å². The van der Waals surface area contributed by atoms with Crippen LogP contribution >= 0.6 is 0 Å². The maximum atomic E-state index is 11.5. The van der Waals surface area contributed by atoms with Crippen molar-refractivity contribution in [2.45, 2.75) is 44.2 Å². The van der Waals surface area contributed by atoms with Gasteiger partial charge in [0.25, 0.3) is 0 Å². The Morgan fingerprint density at radius 3 is 2.54 bits per heavy atom. The summed E-state index contributed by atoms with van der Waals surface area (Å²) in [6.45, 7) is 0. The summed E-state index contributed by atoms with van der Waals surface area (Å²) in [6, 6.07) is 0.387. The van der Waals surface area contributed by atoms with Gasteiger partial charge in [0, 0.05) is 19.1 Å². The fourth-order valence-electron chi connectivity index (χ4n) is 1.87. The van der Waals surface area contributed by atoms with Crippen molar-refractivity contribution in [3.63, 3.8) is 0 Å². The van der Waals surface area contributed by atoms with Gasteiger partial charge < -0.3 is 10.1 Å². The number of amides is 1. The average Bonchev–Trinajstić information content (AvgIpc) is 1.92. The number of rotatable bonds is 3. The van der Waals surface area contributed by atoms with Crippen molar-refractivity contribution in [3.8, 4) is 0 Å². The zero-order valence-corrected chi connectivity index (χ0v) is 8.08. The molecule has 0 saturated heterocycles. The van der Waals surface area contributed by atoms with Crippen molar-refractivity contribution in [3.05, 3.63) is 0 Å². The Kier molecular flexibility index (Phi) is 2.54. The Morgan fingerprint density at radius 1 is 1.38 bits per heavy atom. The SMILES string of the molecule is COC1CC(NC(=O)C2CCC2)C1. The second-order valence-electron chi connectivity index (χ2n) is 4.16. The fraction of sp³-hybridized carbons (Fsp3) is 0.900. The minimum Gasteiger partial charge on any atom is -0.381 e. The summed E-state index contributed by atoms with van der Waals surface area (Å²) in [6.07, 6.45) is 5.78. The van der Waals surface area contributed by atoms with Crippen LogP contribution in [0.5, 0.6) is 0 Å². The molecular weight excluding hydrogens is 166 g/mol. The Balaban J connectivity index is 1.65. The van der Waals surface area contributed by atoms with Crippen LogP contribution in [0, 0.1) is 5.92 Å². The molecule has 0 atom stereocenters. The van der Waals surface area contributed by atoms with E-state index in [1.807, 2.05) is 0 Å². The monoisotopic (exact) mass is 183 g/mol. The lowest BCUT2D eigenvalue weighted by Gasteiger charge is -2.36. The molecule has 2 aliphatic rings. The molecule has 1 N–H and O–H groups in total. The molecule has 3 nitrogen and oxygen atoms in total. The first-order valence-electron chi connectivity index (χ1n) is 5.12. The van der Waals surface area contributed by atoms with Crippen molar-refractivity contribution in [2.24, 2.45) is 5.92 Å². The number of hydrogen-bond donors (Lipinski definition) is 1. The molecular formula is C10H17NO2. The number of ether oxygens (including phenoxy) is 1. The van der Waals surface area contributed by atoms with E-state index in [2.05, 4.69) is 5.32 Å². The van der Waals surface area contributed by atoms with E-state index in [4.69, 9.17) is 4.74 Å². The van der Waals surface area contributed by atoms with E-state index in [0.717, 1.165) is 25.7 Å². The molecule has 2 saturated carbocycles. The molecule has 3 heteroatoms. The highest BCUT2D eigenvalue weighted by Crippen LogP contribution is 2.28. The highest BCUT2D eigenvalue weighted by atomic mass is 16.5. The van der Waals surface area contributed by atoms with Gasteiger partial charge in [-0.2, -0.15) is 0 Å². The third-order valence-electron chi connectivity index (χ3n) is 3.25. The third-order valence-corrected chi connectivity index (χ3v) is 3.25. The van der Waals surface area contributed by atoms with Crippen LogP contribution in [0.4, 0.5) is 0 Å². The van der Waals surface area contributed by atoms with Crippen LogP contribution in [0.15, 0.2) is 0 Å². The van der Waals surface area contributed by atoms with Gasteiger partial charge in [-0.3, -0.25) is 4.79 Å². The molecule has 2 aliphatic carbocycles. The van der Waals surface area contributed by atoms with E-state index in [-0.39, 0.29) is 5.91 Å². The van der Waals surface area contributed by atoms with Gasteiger partial charge in [0.05, 0.1) is 6.10 Å². The van der Waals surface area contributed by atoms with Gasteiger partial charge in [-0.1, -0.05) is 6.42 Å². The molecule has 13 heavy (non-hydrogen) atoms. The number of methoxy groups -OCH3 is 1. The summed E-state index contributed by atoms with van der Waals surface area (Å²) in [7, 11) is 1.73. The van der Waals surface area contributed by atoms with Crippen molar-refractivity contribution in [1.82, 2.24) is 5.32 Å². The maximum Gasteiger partial charge on any atom is 0.223 e. The fourth-order valence-corrected chi connectivity index (χ4v) is 1.87. The number of nitrogens with one attached hydrogen (secondary N) is 1. The smallest absolute Gasteiger partial charge is 0.223 e. The quantitative estimate of drug-likeness (QED) is 0.711. The lowest BCUT2D eigenvalue weighted by atomic mass is 9.83. The molecule has 0 aromatic carbocycles. The highest BCUT2D eigenvalue weighted by Gasteiger charge is 2.33. The van der Waals surface area contributed by atoms with Crippen LogP contribution in [0.3, 0.4) is 0 Å². The number of carbonyl (C=O) groups is 1. The van der Waals surface area contributed by atoms with Crippen molar-refractivity contribution < 1.29 is 9.53 Å².